The molecule has 4 rings (SSSR count). The zero-order valence-electron chi connectivity index (χ0n) is 17.1. The van der Waals surface area contributed by atoms with E-state index in [1.807, 2.05) is 60.7 Å². The molecule has 0 aliphatic carbocycles. The molecule has 1 N–H and O–H groups in total. The Kier molecular flexibility index (Phi) is 6.23. The molecule has 1 amide bonds. The summed E-state index contributed by atoms with van der Waals surface area (Å²) in [6.07, 6.45) is 3.43. The van der Waals surface area contributed by atoms with Gasteiger partial charge in [-0.05, 0) is 36.6 Å². The van der Waals surface area contributed by atoms with E-state index in [1.54, 1.807) is 13.3 Å². The van der Waals surface area contributed by atoms with Crippen molar-refractivity contribution in [2.24, 2.45) is 5.92 Å². The predicted molar refractivity (Wildman–Crippen MR) is 117 cm³/mol. The van der Waals surface area contributed by atoms with Gasteiger partial charge in [0.2, 0.25) is 5.91 Å². The zero-order valence-corrected chi connectivity index (χ0v) is 17.1. The van der Waals surface area contributed by atoms with Gasteiger partial charge in [0.1, 0.15) is 11.6 Å². The Balaban J connectivity index is 1.32. The maximum absolute atomic E-state index is 12.6. The Bertz CT molecular complexity index is 985. The number of anilines is 1. The van der Waals surface area contributed by atoms with Crippen molar-refractivity contribution in [1.29, 1.82) is 0 Å². The van der Waals surface area contributed by atoms with Gasteiger partial charge in [-0.15, -0.1) is 0 Å². The van der Waals surface area contributed by atoms with Crippen LogP contribution >= 0.6 is 0 Å². The minimum atomic E-state index is 0.0299. The zero-order chi connectivity index (χ0) is 20.8. The maximum Gasteiger partial charge on any atom is 0.223 e. The molecule has 30 heavy (non-hydrogen) atoms. The first kappa shape index (κ1) is 19.9. The normalized spacial score (nSPS) is 14.4. The van der Waals surface area contributed by atoms with Gasteiger partial charge >= 0.3 is 0 Å². The summed E-state index contributed by atoms with van der Waals surface area (Å²) in [5, 5.41) is 3.07. The molecule has 0 atom stereocenters. The van der Waals surface area contributed by atoms with Crippen molar-refractivity contribution in [3.8, 4) is 17.1 Å². The molecular weight excluding hydrogens is 376 g/mol. The molecule has 0 saturated carbocycles. The summed E-state index contributed by atoms with van der Waals surface area (Å²) in [4.78, 5) is 24.0. The van der Waals surface area contributed by atoms with Crippen LogP contribution in [-0.4, -0.2) is 36.1 Å². The first-order valence-corrected chi connectivity index (χ1v) is 10.3. The van der Waals surface area contributed by atoms with E-state index < -0.39 is 0 Å². The van der Waals surface area contributed by atoms with Gasteiger partial charge in [-0.2, -0.15) is 0 Å². The van der Waals surface area contributed by atoms with E-state index in [9.17, 15) is 4.79 Å². The smallest absolute Gasteiger partial charge is 0.223 e. The third kappa shape index (κ3) is 4.76. The third-order valence-corrected chi connectivity index (χ3v) is 5.46. The van der Waals surface area contributed by atoms with Crippen LogP contribution < -0.4 is 15.0 Å². The second-order valence-electron chi connectivity index (χ2n) is 7.44. The van der Waals surface area contributed by atoms with Crippen molar-refractivity contribution in [2.75, 3.05) is 25.1 Å². The molecule has 1 saturated heterocycles. The first-order chi connectivity index (χ1) is 14.7. The first-order valence-electron chi connectivity index (χ1n) is 10.3. The number of carbonyl (C=O) groups is 1. The highest BCUT2D eigenvalue weighted by molar-refractivity contribution is 5.79. The van der Waals surface area contributed by atoms with Gasteiger partial charge in [0.05, 0.1) is 7.11 Å². The molecule has 6 heteroatoms. The number of rotatable bonds is 6. The molecule has 0 spiro atoms. The summed E-state index contributed by atoms with van der Waals surface area (Å²) in [5.41, 5.74) is 2.04. The number of hydrogen-bond donors (Lipinski definition) is 1. The lowest BCUT2D eigenvalue weighted by Crippen LogP contribution is -2.40. The summed E-state index contributed by atoms with van der Waals surface area (Å²) in [7, 11) is 1.64. The Morgan fingerprint density at radius 3 is 2.67 bits per heavy atom. The largest absolute Gasteiger partial charge is 0.497 e. The highest BCUT2D eigenvalue weighted by Gasteiger charge is 2.25. The molecule has 2 aromatic carbocycles. The van der Waals surface area contributed by atoms with Crippen LogP contribution in [0.1, 0.15) is 18.4 Å². The Morgan fingerprint density at radius 2 is 1.90 bits per heavy atom. The van der Waals surface area contributed by atoms with Crippen LogP contribution in [0.15, 0.2) is 66.9 Å². The summed E-state index contributed by atoms with van der Waals surface area (Å²) in [5.74, 6) is 2.59. The van der Waals surface area contributed by atoms with Gasteiger partial charge in [-0.3, -0.25) is 4.79 Å². The molecular formula is C24H26N4O2. The van der Waals surface area contributed by atoms with Crippen molar-refractivity contribution in [1.82, 2.24) is 15.3 Å². The number of nitrogens with one attached hydrogen (secondary N) is 1. The summed E-state index contributed by atoms with van der Waals surface area (Å²) >= 11 is 0. The SMILES string of the molecule is COc1cccc(CNC(=O)C2CCN(c3ccnc(-c4ccccc4)n3)CC2)c1. The molecule has 0 unspecified atom stereocenters. The van der Waals surface area contributed by atoms with E-state index in [1.165, 1.54) is 0 Å². The fourth-order valence-corrected chi connectivity index (χ4v) is 3.74. The summed E-state index contributed by atoms with van der Waals surface area (Å²) in [6, 6.07) is 19.7. The van der Waals surface area contributed by atoms with E-state index in [-0.39, 0.29) is 11.8 Å². The third-order valence-electron chi connectivity index (χ3n) is 5.46. The molecule has 1 fully saturated rings. The van der Waals surface area contributed by atoms with Gasteiger partial charge in [-0.1, -0.05) is 42.5 Å². The molecule has 1 aromatic heterocycles. The summed E-state index contributed by atoms with van der Waals surface area (Å²) < 4.78 is 5.24. The quantitative estimate of drug-likeness (QED) is 0.681. The molecule has 3 aromatic rings. The van der Waals surface area contributed by atoms with Crippen LogP contribution in [0.4, 0.5) is 5.82 Å². The van der Waals surface area contributed by atoms with Crippen molar-refractivity contribution < 1.29 is 9.53 Å². The highest BCUT2D eigenvalue weighted by Crippen LogP contribution is 2.24. The van der Waals surface area contributed by atoms with E-state index >= 15 is 0 Å². The highest BCUT2D eigenvalue weighted by atomic mass is 16.5. The number of piperidine rings is 1. The van der Waals surface area contributed by atoms with Crippen molar-refractivity contribution in [3.63, 3.8) is 0 Å². The number of methoxy groups -OCH3 is 1. The number of nitrogens with zero attached hydrogens (tertiary/aromatic N) is 3. The standard InChI is InChI=1S/C24H26N4O2/c1-30-21-9-5-6-18(16-21)17-26-24(29)20-11-14-28(15-12-20)22-10-13-25-23(27-22)19-7-3-2-4-8-19/h2-10,13,16,20H,11-12,14-15,17H2,1H3,(H,26,29). The lowest BCUT2D eigenvalue weighted by atomic mass is 9.96. The van der Waals surface area contributed by atoms with Crippen LogP contribution in [0, 0.1) is 5.92 Å². The minimum absolute atomic E-state index is 0.0299. The number of carbonyl (C=O) groups excluding carboxylic acids is 1. The van der Waals surface area contributed by atoms with E-state index in [0.717, 1.165) is 54.4 Å². The lowest BCUT2D eigenvalue weighted by Gasteiger charge is -2.32. The minimum Gasteiger partial charge on any atom is -0.497 e. The number of hydrogen-bond acceptors (Lipinski definition) is 5. The Hall–Kier alpha value is -3.41. The van der Waals surface area contributed by atoms with Crippen molar-refractivity contribution in [3.05, 3.63) is 72.4 Å². The second kappa shape index (κ2) is 9.39. The topological polar surface area (TPSA) is 67.3 Å². The Morgan fingerprint density at radius 1 is 1.10 bits per heavy atom. The van der Waals surface area contributed by atoms with Gasteiger partial charge in [0, 0.05) is 37.3 Å². The molecule has 1 aliphatic rings. The van der Waals surface area contributed by atoms with Gasteiger partial charge in [0.25, 0.3) is 0 Å². The molecule has 2 heterocycles. The van der Waals surface area contributed by atoms with E-state index in [4.69, 9.17) is 9.72 Å². The number of amides is 1. The van der Waals surface area contributed by atoms with Gasteiger partial charge in [0.15, 0.2) is 5.82 Å². The van der Waals surface area contributed by atoms with E-state index in [2.05, 4.69) is 15.2 Å². The van der Waals surface area contributed by atoms with Crippen LogP contribution in [0.25, 0.3) is 11.4 Å². The summed E-state index contributed by atoms with van der Waals surface area (Å²) in [6.45, 7) is 2.13. The molecule has 0 bridgehead atoms. The predicted octanol–water partition coefficient (Wildman–Crippen LogP) is 3.69. The number of aromatic nitrogens is 2. The number of ether oxygens (including phenoxy) is 1. The van der Waals surface area contributed by atoms with Crippen LogP contribution in [0.5, 0.6) is 5.75 Å². The molecule has 154 valence electrons. The average Bonchev–Trinajstić information content (AvgIpc) is 2.83. The average molecular weight is 402 g/mol. The van der Waals surface area contributed by atoms with Crippen molar-refractivity contribution in [2.45, 2.75) is 19.4 Å². The fourth-order valence-electron chi connectivity index (χ4n) is 3.74. The second-order valence-corrected chi connectivity index (χ2v) is 7.44. The van der Waals surface area contributed by atoms with E-state index in [0.29, 0.717) is 6.54 Å². The maximum atomic E-state index is 12.6. The lowest BCUT2D eigenvalue weighted by molar-refractivity contribution is -0.125. The molecule has 6 nitrogen and oxygen atoms in total. The number of benzene rings is 2. The van der Waals surface area contributed by atoms with Gasteiger partial charge < -0.3 is 15.0 Å². The van der Waals surface area contributed by atoms with Crippen molar-refractivity contribution >= 4 is 11.7 Å². The Labute approximate surface area is 176 Å². The van der Waals surface area contributed by atoms with Crippen LogP contribution in [-0.2, 0) is 11.3 Å². The fraction of sp³-hybridized carbons (Fsp3) is 0.292. The van der Waals surface area contributed by atoms with Gasteiger partial charge in [-0.25, -0.2) is 9.97 Å². The monoisotopic (exact) mass is 402 g/mol. The van der Waals surface area contributed by atoms with Crippen LogP contribution in [0.3, 0.4) is 0 Å². The molecule has 0 radical (unpaired) electrons. The molecule has 1 aliphatic heterocycles. The van der Waals surface area contributed by atoms with Crippen LogP contribution in [0.2, 0.25) is 0 Å².